The second-order valence-corrected chi connectivity index (χ2v) is 5.50. The van der Waals surface area contributed by atoms with E-state index in [1.54, 1.807) is 26.4 Å². The average molecular weight is 354 g/mol. The van der Waals surface area contributed by atoms with Gasteiger partial charge < -0.3 is 15.4 Å². The van der Waals surface area contributed by atoms with E-state index < -0.39 is 5.91 Å². The Morgan fingerprint density at radius 3 is 2.77 bits per heavy atom. The van der Waals surface area contributed by atoms with E-state index in [-0.39, 0.29) is 17.3 Å². The van der Waals surface area contributed by atoms with Crippen molar-refractivity contribution in [1.29, 1.82) is 0 Å². The molecule has 0 unspecified atom stereocenters. The number of aromatic amines is 1. The van der Waals surface area contributed by atoms with Crippen molar-refractivity contribution in [1.82, 2.24) is 25.3 Å². The molecule has 9 nitrogen and oxygen atoms in total. The lowest BCUT2D eigenvalue weighted by atomic mass is 10.1. The Labute approximate surface area is 149 Å². The summed E-state index contributed by atoms with van der Waals surface area (Å²) in [6.45, 7) is 0. The molecule has 0 saturated carbocycles. The fourth-order valence-electron chi connectivity index (χ4n) is 2.42. The molecular formula is C17H18N6O3. The number of aryl methyl sites for hydroxylation is 1. The van der Waals surface area contributed by atoms with Crippen molar-refractivity contribution in [3.05, 3.63) is 47.9 Å². The van der Waals surface area contributed by atoms with E-state index in [4.69, 9.17) is 4.74 Å². The summed E-state index contributed by atoms with van der Waals surface area (Å²) in [6.07, 6.45) is 1.56. The lowest BCUT2D eigenvalue weighted by molar-refractivity contribution is 0.0958. The Morgan fingerprint density at radius 2 is 2.04 bits per heavy atom. The number of hydrogen-bond acceptors (Lipinski definition) is 5. The highest BCUT2D eigenvalue weighted by molar-refractivity contribution is 6.07. The van der Waals surface area contributed by atoms with E-state index in [0.29, 0.717) is 17.1 Å². The Balaban J connectivity index is 1.82. The van der Waals surface area contributed by atoms with Gasteiger partial charge in [0.05, 0.1) is 18.5 Å². The molecule has 2 amide bonds. The number of aromatic nitrogens is 4. The minimum atomic E-state index is -0.426. The molecule has 0 bridgehead atoms. The number of carbonyl (C=O) groups is 2. The number of hydrogen-bond donors (Lipinski definition) is 3. The van der Waals surface area contributed by atoms with E-state index in [2.05, 4.69) is 25.9 Å². The van der Waals surface area contributed by atoms with Crippen LogP contribution in [0.5, 0.6) is 5.75 Å². The molecule has 0 spiro atoms. The topological polar surface area (TPSA) is 114 Å². The molecule has 134 valence electrons. The molecule has 0 aliphatic heterocycles. The van der Waals surface area contributed by atoms with Crippen molar-refractivity contribution < 1.29 is 14.3 Å². The van der Waals surface area contributed by atoms with Crippen molar-refractivity contribution in [3.63, 3.8) is 0 Å². The fraction of sp³-hybridized carbons (Fsp3) is 0.176. The summed E-state index contributed by atoms with van der Waals surface area (Å²) in [7, 11) is 4.75. The summed E-state index contributed by atoms with van der Waals surface area (Å²) >= 11 is 0. The molecule has 0 atom stereocenters. The van der Waals surface area contributed by atoms with Crippen LogP contribution in [0.3, 0.4) is 0 Å². The molecule has 3 aromatic rings. The van der Waals surface area contributed by atoms with Gasteiger partial charge in [0.25, 0.3) is 11.8 Å². The van der Waals surface area contributed by atoms with Crippen molar-refractivity contribution in [2.45, 2.75) is 0 Å². The second kappa shape index (κ2) is 7.09. The number of amides is 2. The molecule has 9 heteroatoms. The highest BCUT2D eigenvalue weighted by Crippen LogP contribution is 2.23. The van der Waals surface area contributed by atoms with Crippen LogP contribution in [-0.4, -0.2) is 45.9 Å². The van der Waals surface area contributed by atoms with Gasteiger partial charge in [-0.25, -0.2) is 0 Å². The van der Waals surface area contributed by atoms with E-state index in [9.17, 15) is 9.59 Å². The van der Waals surface area contributed by atoms with Gasteiger partial charge in [-0.3, -0.25) is 19.4 Å². The minimum Gasteiger partial charge on any atom is -0.497 e. The third kappa shape index (κ3) is 3.41. The zero-order chi connectivity index (χ0) is 18.7. The van der Waals surface area contributed by atoms with E-state index >= 15 is 0 Å². The monoisotopic (exact) mass is 354 g/mol. The Hall–Kier alpha value is -3.62. The van der Waals surface area contributed by atoms with Gasteiger partial charge in [0.15, 0.2) is 5.69 Å². The van der Waals surface area contributed by atoms with Crippen LogP contribution in [0.2, 0.25) is 0 Å². The van der Waals surface area contributed by atoms with Crippen LogP contribution in [0.1, 0.15) is 21.0 Å². The number of ether oxygens (including phenoxy) is 1. The van der Waals surface area contributed by atoms with Crippen LogP contribution in [0.15, 0.2) is 36.5 Å². The smallest absolute Gasteiger partial charge is 0.273 e. The number of H-pyrrole nitrogens is 1. The third-order valence-electron chi connectivity index (χ3n) is 3.71. The molecule has 0 saturated heterocycles. The van der Waals surface area contributed by atoms with Gasteiger partial charge in [-0.1, -0.05) is 12.1 Å². The summed E-state index contributed by atoms with van der Waals surface area (Å²) in [5.41, 5.74) is 2.12. The quantitative estimate of drug-likeness (QED) is 0.641. The van der Waals surface area contributed by atoms with Crippen LogP contribution in [0, 0.1) is 0 Å². The minimum absolute atomic E-state index is 0.135. The predicted octanol–water partition coefficient (Wildman–Crippen LogP) is 1.43. The first-order valence-corrected chi connectivity index (χ1v) is 7.78. The molecule has 0 fully saturated rings. The van der Waals surface area contributed by atoms with E-state index in [0.717, 1.165) is 5.56 Å². The third-order valence-corrected chi connectivity index (χ3v) is 3.71. The lowest BCUT2D eigenvalue weighted by Crippen LogP contribution is -2.21. The molecule has 1 aromatic carbocycles. The van der Waals surface area contributed by atoms with E-state index in [1.807, 2.05) is 24.3 Å². The van der Waals surface area contributed by atoms with Crippen LogP contribution >= 0.6 is 0 Å². The highest BCUT2D eigenvalue weighted by atomic mass is 16.5. The maximum absolute atomic E-state index is 12.5. The number of carbonyl (C=O) groups excluding carboxylic acids is 2. The lowest BCUT2D eigenvalue weighted by Gasteiger charge is -2.02. The number of benzene rings is 1. The standard InChI is InChI=1S/C17H18N6O3/c1-18-17(25)15-14(9-23(2)22-15)19-16(24)13-8-12(20-21-13)10-5-4-6-11(7-10)26-3/h4-9H,1-3H3,(H,18,25)(H,19,24)(H,20,21). The Bertz CT molecular complexity index is 959. The number of rotatable bonds is 5. The van der Waals surface area contributed by atoms with E-state index in [1.165, 1.54) is 11.7 Å². The van der Waals surface area contributed by atoms with Crippen molar-refractivity contribution in [3.8, 4) is 17.0 Å². The number of nitrogens with zero attached hydrogens (tertiary/aromatic N) is 3. The molecule has 2 heterocycles. The second-order valence-electron chi connectivity index (χ2n) is 5.50. The fourth-order valence-corrected chi connectivity index (χ4v) is 2.42. The molecule has 0 aliphatic carbocycles. The molecular weight excluding hydrogens is 336 g/mol. The largest absolute Gasteiger partial charge is 0.497 e. The number of nitrogens with one attached hydrogen (secondary N) is 3. The maximum Gasteiger partial charge on any atom is 0.273 e. The van der Waals surface area contributed by atoms with Crippen molar-refractivity contribution >= 4 is 17.5 Å². The predicted molar refractivity (Wildman–Crippen MR) is 95.1 cm³/mol. The Morgan fingerprint density at radius 1 is 1.23 bits per heavy atom. The summed E-state index contributed by atoms with van der Waals surface area (Å²) in [6, 6.07) is 8.98. The number of methoxy groups -OCH3 is 1. The van der Waals surface area contributed by atoms with Gasteiger partial charge in [-0.15, -0.1) is 0 Å². The van der Waals surface area contributed by atoms with Crippen LogP contribution < -0.4 is 15.4 Å². The maximum atomic E-state index is 12.5. The van der Waals surface area contributed by atoms with Crippen molar-refractivity contribution in [2.24, 2.45) is 7.05 Å². The SMILES string of the molecule is CNC(=O)c1nn(C)cc1NC(=O)c1cc(-c2cccc(OC)c2)n[nH]1. The zero-order valence-corrected chi connectivity index (χ0v) is 14.5. The summed E-state index contributed by atoms with van der Waals surface area (Å²) in [5, 5.41) is 16.1. The molecule has 3 rings (SSSR count). The molecule has 0 radical (unpaired) electrons. The summed E-state index contributed by atoms with van der Waals surface area (Å²) in [4.78, 5) is 24.3. The highest BCUT2D eigenvalue weighted by Gasteiger charge is 2.19. The van der Waals surface area contributed by atoms with Crippen molar-refractivity contribution in [2.75, 3.05) is 19.5 Å². The normalized spacial score (nSPS) is 10.4. The average Bonchev–Trinajstić information content (AvgIpc) is 3.28. The molecule has 26 heavy (non-hydrogen) atoms. The van der Waals surface area contributed by atoms with Gasteiger partial charge in [0, 0.05) is 25.9 Å². The summed E-state index contributed by atoms with van der Waals surface area (Å²) < 4.78 is 6.65. The number of anilines is 1. The molecule has 3 N–H and O–H groups in total. The zero-order valence-electron chi connectivity index (χ0n) is 14.5. The van der Waals surface area contributed by atoms with Gasteiger partial charge in [0.1, 0.15) is 11.4 Å². The van der Waals surface area contributed by atoms with Crippen LogP contribution in [0.4, 0.5) is 5.69 Å². The molecule has 2 aromatic heterocycles. The van der Waals surface area contributed by atoms with Gasteiger partial charge in [-0.05, 0) is 18.2 Å². The van der Waals surface area contributed by atoms with Crippen LogP contribution in [0.25, 0.3) is 11.3 Å². The van der Waals surface area contributed by atoms with Gasteiger partial charge in [0.2, 0.25) is 0 Å². The summed E-state index contributed by atoms with van der Waals surface area (Å²) in [5.74, 6) is -0.116. The Kier molecular flexibility index (Phi) is 4.70. The molecule has 0 aliphatic rings. The first kappa shape index (κ1) is 17.2. The van der Waals surface area contributed by atoms with Gasteiger partial charge in [-0.2, -0.15) is 10.2 Å². The van der Waals surface area contributed by atoms with Gasteiger partial charge >= 0.3 is 0 Å². The first-order chi connectivity index (χ1) is 12.5. The first-order valence-electron chi connectivity index (χ1n) is 7.78. The van der Waals surface area contributed by atoms with Crippen LogP contribution in [-0.2, 0) is 7.05 Å².